The first kappa shape index (κ1) is 27.6. The molecular formula is C32H53NO4. The lowest BCUT2D eigenvalue weighted by Crippen LogP contribution is -2.49. The molecule has 4 aliphatic carbocycles. The highest BCUT2D eigenvalue weighted by molar-refractivity contribution is 6.05. The quantitative estimate of drug-likeness (QED) is 0.366. The predicted octanol–water partition coefficient (Wildman–Crippen LogP) is 6.77. The van der Waals surface area contributed by atoms with E-state index < -0.39 is 0 Å². The molecule has 5 nitrogen and oxygen atoms in total. The second kappa shape index (κ2) is 11.3. The Labute approximate surface area is 225 Å². The van der Waals surface area contributed by atoms with Crippen molar-refractivity contribution in [2.75, 3.05) is 7.11 Å². The van der Waals surface area contributed by atoms with E-state index >= 15 is 0 Å². The summed E-state index contributed by atoms with van der Waals surface area (Å²) in [5, 5.41) is 0. The van der Waals surface area contributed by atoms with E-state index in [4.69, 9.17) is 9.47 Å². The number of amides is 2. The van der Waals surface area contributed by atoms with Gasteiger partial charge in [-0.15, -0.1) is 0 Å². The van der Waals surface area contributed by atoms with Crippen molar-refractivity contribution in [1.82, 2.24) is 4.90 Å². The van der Waals surface area contributed by atoms with Crippen LogP contribution in [0.3, 0.4) is 0 Å². The molecule has 0 aromatic carbocycles. The molecule has 0 radical (unpaired) electrons. The van der Waals surface area contributed by atoms with Crippen LogP contribution in [0, 0.1) is 40.9 Å². The Balaban J connectivity index is 1.13. The number of hydrogen-bond donors (Lipinski definition) is 0. The van der Waals surface area contributed by atoms with Crippen LogP contribution in [0.5, 0.6) is 0 Å². The Morgan fingerprint density at radius 3 is 1.76 bits per heavy atom. The van der Waals surface area contributed by atoms with Gasteiger partial charge in [0, 0.05) is 13.2 Å². The Bertz CT molecular complexity index is 800. The minimum atomic E-state index is -0.148. The summed E-state index contributed by atoms with van der Waals surface area (Å²) in [5.41, 5.74) is 0.384. The van der Waals surface area contributed by atoms with Crippen LogP contribution in [0.25, 0.3) is 0 Å². The summed E-state index contributed by atoms with van der Waals surface area (Å²) in [5.74, 6) is 2.40. The first-order valence-corrected chi connectivity index (χ1v) is 15.8. The number of carbonyl (C=O) groups is 2. The van der Waals surface area contributed by atoms with Gasteiger partial charge in [-0.05, 0) is 113 Å². The number of hydrogen-bond acceptors (Lipinski definition) is 4. The maximum Gasteiger partial charge on any atom is 0.233 e. The van der Waals surface area contributed by atoms with Crippen LogP contribution in [0.15, 0.2) is 0 Å². The summed E-state index contributed by atoms with van der Waals surface area (Å²) < 4.78 is 12.3. The minimum Gasteiger partial charge on any atom is -0.381 e. The highest BCUT2D eigenvalue weighted by Crippen LogP contribution is 2.50. The molecular weight excluding hydrogens is 462 g/mol. The Morgan fingerprint density at radius 2 is 1.19 bits per heavy atom. The van der Waals surface area contributed by atoms with Crippen LogP contribution in [0.1, 0.15) is 118 Å². The first-order chi connectivity index (χ1) is 17.7. The summed E-state index contributed by atoms with van der Waals surface area (Å²) in [7, 11) is 1.86. The average molecular weight is 516 g/mol. The second-order valence-corrected chi connectivity index (χ2v) is 14.2. The third-order valence-corrected chi connectivity index (χ3v) is 11.9. The van der Waals surface area contributed by atoms with Gasteiger partial charge in [0.25, 0.3) is 0 Å². The Morgan fingerprint density at radius 1 is 0.676 bits per heavy atom. The first-order valence-electron chi connectivity index (χ1n) is 15.8. The summed E-state index contributed by atoms with van der Waals surface area (Å²) >= 11 is 0. The zero-order chi connectivity index (χ0) is 26.3. The molecule has 5 unspecified atom stereocenters. The van der Waals surface area contributed by atoms with E-state index in [1.165, 1.54) is 44.9 Å². The lowest BCUT2D eigenvalue weighted by Gasteiger charge is -2.47. The number of imide groups is 1. The van der Waals surface area contributed by atoms with E-state index in [0.717, 1.165) is 56.8 Å². The van der Waals surface area contributed by atoms with Crippen molar-refractivity contribution in [2.24, 2.45) is 40.9 Å². The molecule has 0 bridgehead atoms. The molecule has 0 aromatic heterocycles. The Kier molecular flexibility index (Phi) is 8.42. The van der Waals surface area contributed by atoms with Crippen LogP contribution < -0.4 is 0 Å². The van der Waals surface area contributed by atoms with Crippen molar-refractivity contribution in [1.29, 1.82) is 0 Å². The normalized spacial score (nSPS) is 43.6. The summed E-state index contributed by atoms with van der Waals surface area (Å²) in [4.78, 5) is 28.7. The van der Waals surface area contributed by atoms with Crippen LogP contribution in [0.4, 0.5) is 0 Å². The van der Waals surface area contributed by atoms with Crippen molar-refractivity contribution in [3.8, 4) is 0 Å². The molecule has 5 atom stereocenters. The van der Waals surface area contributed by atoms with Gasteiger partial charge in [-0.1, -0.05) is 34.1 Å². The molecule has 0 N–H and O–H groups in total. The van der Waals surface area contributed by atoms with E-state index in [1.807, 2.05) is 7.11 Å². The topological polar surface area (TPSA) is 55.8 Å². The SMILES string of the molecule is COC1CCC(C(C)(C)C2CCC(OC3CCC4C(=O)N(C5C(C)CCCC5C)C(=O)C4C3)CC2)CC1. The molecule has 0 aromatic rings. The number of likely N-dealkylation sites (tertiary alicyclic amines) is 1. The van der Waals surface area contributed by atoms with Gasteiger partial charge < -0.3 is 9.47 Å². The lowest BCUT2D eigenvalue weighted by molar-refractivity contribution is -0.146. The summed E-state index contributed by atoms with van der Waals surface area (Å²) in [6, 6.07) is 0.0990. The molecule has 37 heavy (non-hydrogen) atoms. The van der Waals surface area contributed by atoms with E-state index in [1.54, 1.807) is 4.90 Å². The summed E-state index contributed by atoms with van der Waals surface area (Å²) in [6.07, 6.45) is 16.7. The molecule has 5 heteroatoms. The molecule has 1 heterocycles. The lowest BCUT2D eigenvalue weighted by atomic mass is 9.60. The van der Waals surface area contributed by atoms with Crippen LogP contribution in [-0.4, -0.2) is 48.2 Å². The maximum atomic E-state index is 13.6. The molecule has 1 saturated heterocycles. The molecule has 5 rings (SSSR count). The van der Waals surface area contributed by atoms with E-state index in [-0.39, 0.29) is 35.8 Å². The predicted molar refractivity (Wildman–Crippen MR) is 146 cm³/mol. The van der Waals surface area contributed by atoms with Gasteiger partial charge in [-0.25, -0.2) is 0 Å². The largest absolute Gasteiger partial charge is 0.381 e. The van der Waals surface area contributed by atoms with E-state index in [2.05, 4.69) is 27.7 Å². The van der Waals surface area contributed by atoms with Crippen LogP contribution in [-0.2, 0) is 19.1 Å². The third-order valence-electron chi connectivity index (χ3n) is 11.9. The van der Waals surface area contributed by atoms with Gasteiger partial charge in [0.15, 0.2) is 0 Å². The van der Waals surface area contributed by atoms with E-state index in [9.17, 15) is 9.59 Å². The fraction of sp³-hybridized carbons (Fsp3) is 0.938. The number of ether oxygens (including phenoxy) is 2. The van der Waals surface area contributed by atoms with Gasteiger partial charge in [0.2, 0.25) is 11.8 Å². The van der Waals surface area contributed by atoms with Crippen molar-refractivity contribution >= 4 is 11.8 Å². The van der Waals surface area contributed by atoms with Gasteiger partial charge in [-0.2, -0.15) is 0 Å². The standard InChI is InChI=1S/C32H53NO4/c1-20-7-6-8-21(2)29(20)33-30(34)27-18-17-26(19-28(27)31(33)35)37-25-15-11-23(12-16-25)32(3,4)22-9-13-24(36-5)14-10-22/h20-29H,6-19H2,1-5H3. The number of fused-ring (bicyclic) bond motifs is 1. The third kappa shape index (κ3) is 5.42. The summed E-state index contributed by atoms with van der Waals surface area (Å²) in [6.45, 7) is 9.49. The fourth-order valence-corrected chi connectivity index (χ4v) is 9.35. The van der Waals surface area contributed by atoms with Gasteiger partial charge in [-0.3, -0.25) is 14.5 Å². The smallest absolute Gasteiger partial charge is 0.233 e. The monoisotopic (exact) mass is 515 g/mol. The number of rotatable bonds is 6. The molecule has 2 amide bonds. The minimum absolute atomic E-state index is 0.0987. The molecule has 5 aliphatic rings. The maximum absolute atomic E-state index is 13.6. The van der Waals surface area contributed by atoms with Crippen LogP contribution >= 0.6 is 0 Å². The number of carbonyl (C=O) groups excluding carboxylic acids is 2. The molecule has 5 fully saturated rings. The van der Waals surface area contributed by atoms with Crippen LogP contribution in [0.2, 0.25) is 0 Å². The fourth-order valence-electron chi connectivity index (χ4n) is 9.35. The Hall–Kier alpha value is -0.940. The van der Waals surface area contributed by atoms with Gasteiger partial charge in [0.1, 0.15) is 0 Å². The highest BCUT2D eigenvalue weighted by Gasteiger charge is 2.54. The molecule has 0 spiro atoms. The zero-order valence-corrected chi connectivity index (χ0v) is 24.3. The average Bonchev–Trinajstić information content (AvgIpc) is 3.13. The number of methoxy groups -OCH3 is 1. The highest BCUT2D eigenvalue weighted by atomic mass is 16.5. The second-order valence-electron chi connectivity index (χ2n) is 14.2. The number of nitrogens with zero attached hydrogens (tertiary/aromatic N) is 1. The van der Waals surface area contributed by atoms with Gasteiger partial charge >= 0.3 is 0 Å². The van der Waals surface area contributed by atoms with Crippen molar-refractivity contribution in [3.05, 3.63) is 0 Å². The molecule has 210 valence electrons. The van der Waals surface area contributed by atoms with E-state index in [0.29, 0.717) is 29.5 Å². The molecule has 1 aliphatic heterocycles. The van der Waals surface area contributed by atoms with Gasteiger partial charge in [0.05, 0.1) is 30.1 Å². The molecule has 4 saturated carbocycles. The van der Waals surface area contributed by atoms with Crippen molar-refractivity contribution in [3.63, 3.8) is 0 Å². The van der Waals surface area contributed by atoms with Crippen molar-refractivity contribution in [2.45, 2.75) is 142 Å². The zero-order valence-electron chi connectivity index (χ0n) is 24.3. The van der Waals surface area contributed by atoms with Crippen molar-refractivity contribution < 1.29 is 19.1 Å².